The average Bonchev–Trinajstić information content (AvgIpc) is 2.99. The molecule has 3 nitrogen and oxygen atoms in total. The third-order valence-electron chi connectivity index (χ3n) is 7.41. The molecule has 2 aromatic carbocycles. The van der Waals surface area contributed by atoms with Gasteiger partial charge in [0.25, 0.3) is 0 Å². The molecule has 2 unspecified atom stereocenters. The van der Waals surface area contributed by atoms with Gasteiger partial charge in [-0.05, 0) is 92.2 Å². The van der Waals surface area contributed by atoms with Crippen LogP contribution in [0, 0.1) is 0 Å². The summed E-state index contributed by atoms with van der Waals surface area (Å²) in [4.78, 5) is 15.9. The summed E-state index contributed by atoms with van der Waals surface area (Å²) in [6.07, 6.45) is 8.69. The van der Waals surface area contributed by atoms with Gasteiger partial charge >= 0.3 is 0 Å². The van der Waals surface area contributed by atoms with Crippen molar-refractivity contribution in [1.29, 1.82) is 0 Å². The quantitative estimate of drug-likeness (QED) is 0.485. The fourth-order valence-electron chi connectivity index (χ4n) is 5.59. The molecule has 3 aromatic rings. The van der Waals surface area contributed by atoms with E-state index in [4.69, 9.17) is 5.73 Å². The second-order valence-electron chi connectivity index (χ2n) is 9.22. The fraction of sp³-hybridized carbons (Fsp3) is 0.444. The van der Waals surface area contributed by atoms with Crippen molar-refractivity contribution in [3.8, 4) is 0 Å². The number of benzene rings is 2. The van der Waals surface area contributed by atoms with E-state index in [1.165, 1.54) is 72.8 Å². The molecule has 2 fully saturated rings. The Labute approximate surface area is 189 Å². The number of rotatable bonds is 4. The molecule has 0 aliphatic carbocycles. The highest BCUT2D eigenvalue weighted by Gasteiger charge is 2.30. The lowest BCUT2D eigenvalue weighted by atomic mass is 9.89. The van der Waals surface area contributed by atoms with Gasteiger partial charge in [-0.15, -0.1) is 11.3 Å². The molecule has 2 N–H and O–H groups in total. The SMILES string of the molecule is CCc1ccc(C(=O)c2ccc3sc(N)c(C4CCC5CCCCN5CC4)c3c2)cc1. The van der Waals surface area contributed by atoms with Gasteiger partial charge in [-0.2, -0.15) is 0 Å². The van der Waals surface area contributed by atoms with Gasteiger partial charge in [0.2, 0.25) is 0 Å². The van der Waals surface area contributed by atoms with Gasteiger partial charge < -0.3 is 10.6 Å². The molecule has 2 aliphatic heterocycles. The van der Waals surface area contributed by atoms with Crippen molar-refractivity contribution in [2.24, 2.45) is 0 Å². The van der Waals surface area contributed by atoms with Crippen LogP contribution in [0.15, 0.2) is 42.5 Å². The summed E-state index contributed by atoms with van der Waals surface area (Å²) < 4.78 is 1.20. The van der Waals surface area contributed by atoms with Crippen LogP contribution in [0.5, 0.6) is 0 Å². The van der Waals surface area contributed by atoms with Gasteiger partial charge in [0.15, 0.2) is 5.78 Å². The van der Waals surface area contributed by atoms with E-state index in [2.05, 4.69) is 36.1 Å². The Bertz CT molecular complexity index is 1070. The summed E-state index contributed by atoms with van der Waals surface area (Å²) in [6.45, 7) is 4.56. The lowest BCUT2D eigenvalue weighted by molar-refractivity contribution is 0.103. The maximum absolute atomic E-state index is 13.2. The number of nitrogens with zero attached hydrogens (tertiary/aromatic N) is 1. The van der Waals surface area contributed by atoms with E-state index in [0.717, 1.165) is 28.6 Å². The minimum atomic E-state index is 0.0956. The third kappa shape index (κ3) is 4.04. The molecule has 2 aliphatic rings. The van der Waals surface area contributed by atoms with Crippen molar-refractivity contribution in [3.63, 3.8) is 0 Å². The van der Waals surface area contributed by atoms with E-state index in [-0.39, 0.29) is 5.78 Å². The van der Waals surface area contributed by atoms with E-state index in [1.807, 2.05) is 18.2 Å². The summed E-state index contributed by atoms with van der Waals surface area (Å²) in [6, 6.07) is 14.9. The van der Waals surface area contributed by atoms with E-state index >= 15 is 0 Å². The van der Waals surface area contributed by atoms with Gasteiger partial charge in [0, 0.05) is 21.9 Å². The zero-order valence-electron chi connectivity index (χ0n) is 18.4. The molecule has 2 saturated heterocycles. The van der Waals surface area contributed by atoms with Crippen LogP contribution < -0.4 is 5.73 Å². The number of hydrogen-bond acceptors (Lipinski definition) is 4. The highest BCUT2D eigenvalue weighted by atomic mass is 32.1. The van der Waals surface area contributed by atoms with Crippen molar-refractivity contribution in [1.82, 2.24) is 4.90 Å². The van der Waals surface area contributed by atoms with Crippen molar-refractivity contribution in [2.45, 2.75) is 63.8 Å². The minimum absolute atomic E-state index is 0.0956. The zero-order valence-corrected chi connectivity index (χ0v) is 19.2. The van der Waals surface area contributed by atoms with Crippen LogP contribution in [0.3, 0.4) is 0 Å². The first-order valence-electron chi connectivity index (χ1n) is 11.8. The highest BCUT2D eigenvalue weighted by Crippen LogP contribution is 2.44. The van der Waals surface area contributed by atoms with Crippen LogP contribution in [0.25, 0.3) is 10.1 Å². The molecule has 0 saturated carbocycles. The molecule has 0 amide bonds. The Morgan fingerprint density at radius 2 is 1.81 bits per heavy atom. The number of anilines is 1. The molecule has 0 spiro atoms. The van der Waals surface area contributed by atoms with Gasteiger partial charge in [-0.3, -0.25) is 4.79 Å². The van der Waals surface area contributed by atoms with Crippen molar-refractivity contribution in [3.05, 3.63) is 64.7 Å². The first-order valence-corrected chi connectivity index (χ1v) is 12.6. The Kier molecular flexibility index (Phi) is 5.85. The molecular weight excluding hydrogens is 400 g/mol. The summed E-state index contributed by atoms with van der Waals surface area (Å²) >= 11 is 1.68. The molecule has 4 heteroatoms. The van der Waals surface area contributed by atoms with Crippen molar-refractivity contribution >= 4 is 32.2 Å². The molecular formula is C27H32N2OS. The van der Waals surface area contributed by atoms with Crippen LogP contribution in [0.1, 0.15) is 78.4 Å². The van der Waals surface area contributed by atoms with Gasteiger partial charge in [0.05, 0.1) is 5.00 Å². The second-order valence-corrected chi connectivity index (χ2v) is 10.3. The number of carbonyl (C=O) groups excluding carboxylic acids is 1. The average molecular weight is 433 g/mol. The number of thiophene rings is 1. The topological polar surface area (TPSA) is 46.3 Å². The number of nitrogen functional groups attached to an aromatic ring is 1. The van der Waals surface area contributed by atoms with Crippen molar-refractivity contribution < 1.29 is 4.79 Å². The molecule has 0 radical (unpaired) electrons. The molecule has 0 bridgehead atoms. The second kappa shape index (κ2) is 8.76. The lowest BCUT2D eigenvalue weighted by Crippen LogP contribution is -2.38. The van der Waals surface area contributed by atoms with Crippen molar-refractivity contribution in [2.75, 3.05) is 18.8 Å². The summed E-state index contributed by atoms with van der Waals surface area (Å²) in [7, 11) is 0. The van der Waals surface area contributed by atoms with E-state index in [0.29, 0.717) is 5.92 Å². The van der Waals surface area contributed by atoms with Crippen LogP contribution in [-0.4, -0.2) is 29.8 Å². The van der Waals surface area contributed by atoms with E-state index in [9.17, 15) is 4.79 Å². The molecule has 1 aromatic heterocycles. The van der Waals surface area contributed by atoms with Gasteiger partial charge in [0.1, 0.15) is 0 Å². The predicted molar refractivity (Wildman–Crippen MR) is 131 cm³/mol. The minimum Gasteiger partial charge on any atom is -0.390 e. The number of nitrogens with two attached hydrogens (primary N) is 1. The molecule has 5 rings (SSSR count). The fourth-order valence-corrected chi connectivity index (χ4v) is 6.62. The zero-order chi connectivity index (χ0) is 21.4. The summed E-state index contributed by atoms with van der Waals surface area (Å²) in [5, 5.41) is 2.14. The highest BCUT2D eigenvalue weighted by molar-refractivity contribution is 7.22. The monoisotopic (exact) mass is 432 g/mol. The van der Waals surface area contributed by atoms with Crippen LogP contribution in [-0.2, 0) is 6.42 Å². The molecule has 31 heavy (non-hydrogen) atoms. The summed E-state index contributed by atoms with van der Waals surface area (Å²) in [5.41, 5.74) is 10.6. The normalized spacial score (nSPS) is 22.2. The summed E-state index contributed by atoms with van der Waals surface area (Å²) in [5.74, 6) is 0.590. The number of ketones is 1. The van der Waals surface area contributed by atoms with E-state index < -0.39 is 0 Å². The maximum atomic E-state index is 13.2. The van der Waals surface area contributed by atoms with E-state index in [1.54, 1.807) is 11.3 Å². The standard InChI is InChI=1S/C27H32N2OS/c1-2-18-6-8-20(9-7-18)26(30)21-11-13-24-23(17-21)25(27(28)31-24)19-10-12-22-5-3-4-15-29(22)16-14-19/h6-9,11,13,17,19,22H,2-5,10,12,14-16,28H2,1H3. The largest absolute Gasteiger partial charge is 0.390 e. The molecule has 162 valence electrons. The van der Waals surface area contributed by atoms with Gasteiger partial charge in [-0.25, -0.2) is 0 Å². The van der Waals surface area contributed by atoms with Crippen LogP contribution in [0.2, 0.25) is 0 Å². The van der Waals surface area contributed by atoms with Gasteiger partial charge in [-0.1, -0.05) is 37.6 Å². The number of aryl methyl sites for hydroxylation is 1. The Morgan fingerprint density at radius 1 is 1.00 bits per heavy atom. The molecule has 3 heterocycles. The smallest absolute Gasteiger partial charge is 0.193 e. The Hall–Kier alpha value is -2.17. The first-order chi connectivity index (χ1) is 15.1. The number of fused-ring (bicyclic) bond motifs is 2. The first kappa shape index (κ1) is 20.7. The molecule has 2 atom stereocenters. The van der Waals surface area contributed by atoms with Crippen LogP contribution >= 0.6 is 11.3 Å². The number of piperidine rings is 1. The predicted octanol–water partition coefficient (Wildman–Crippen LogP) is 6.40. The third-order valence-corrected chi connectivity index (χ3v) is 8.43. The Balaban J connectivity index is 1.46. The van der Waals surface area contributed by atoms with Crippen LogP contribution in [0.4, 0.5) is 5.00 Å². The Morgan fingerprint density at radius 3 is 2.61 bits per heavy atom. The lowest BCUT2D eigenvalue weighted by Gasteiger charge is -2.33. The number of hydrogen-bond donors (Lipinski definition) is 1. The maximum Gasteiger partial charge on any atom is 0.193 e. The number of carbonyl (C=O) groups is 1.